The number of rotatable bonds is 5. The van der Waals surface area contributed by atoms with Gasteiger partial charge in [-0.1, -0.05) is 29.8 Å². The zero-order valence-electron chi connectivity index (χ0n) is 16.7. The summed E-state index contributed by atoms with van der Waals surface area (Å²) in [6.07, 6.45) is 1.63. The van der Waals surface area contributed by atoms with Gasteiger partial charge in [-0.2, -0.15) is 0 Å². The van der Waals surface area contributed by atoms with Crippen LogP contribution in [0.25, 0.3) is 11.3 Å². The number of anilines is 1. The molecule has 0 bridgehead atoms. The molecule has 0 saturated carbocycles. The molecule has 8 heteroatoms. The van der Waals surface area contributed by atoms with Crippen molar-refractivity contribution in [1.29, 1.82) is 0 Å². The Kier molecular flexibility index (Phi) is 6.09. The molecular formula is C22H22ClN5O2. The Balaban J connectivity index is 1.41. The smallest absolute Gasteiger partial charge is 0.259 e. The molecule has 0 unspecified atom stereocenters. The zero-order chi connectivity index (χ0) is 20.9. The van der Waals surface area contributed by atoms with Crippen LogP contribution in [0, 0.1) is 0 Å². The molecule has 2 aromatic heterocycles. The van der Waals surface area contributed by atoms with E-state index in [2.05, 4.69) is 20.1 Å². The van der Waals surface area contributed by atoms with Crippen LogP contribution in [0.5, 0.6) is 5.88 Å². The third kappa shape index (κ3) is 4.21. The van der Waals surface area contributed by atoms with E-state index in [0.717, 1.165) is 17.1 Å². The average molecular weight is 424 g/mol. The molecule has 1 aromatic carbocycles. The maximum Gasteiger partial charge on any atom is 0.259 e. The van der Waals surface area contributed by atoms with E-state index in [-0.39, 0.29) is 5.91 Å². The lowest BCUT2D eigenvalue weighted by atomic mass is 10.1. The van der Waals surface area contributed by atoms with Gasteiger partial charge >= 0.3 is 0 Å². The lowest BCUT2D eigenvalue weighted by Gasteiger charge is -2.35. The Morgan fingerprint density at radius 2 is 1.83 bits per heavy atom. The van der Waals surface area contributed by atoms with Gasteiger partial charge in [0.2, 0.25) is 5.88 Å². The first-order valence-corrected chi connectivity index (χ1v) is 10.3. The number of amides is 1. The monoisotopic (exact) mass is 423 g/mol. The fraction of sp³-hybridized carbons (Fsp3) is 0.273. The highest BCUT2D eigenvalue weighted by molar-refractivity contribution is 6.33. The molecule has 1 amide bonds. The largest absolute Gasteiger partial charge is 0.477 e. The van der Waals surface area contributed by atoms with Crippen molar-refractivity contribution in [3.05, 3.63) is 65.3 Å². The molecule has 154 valence electrons. The van der Waals surface area contributed by atoms with Crippen LogP contribution in [0.15, 0.2) is 54.7 Å². The topological polar surface area (TPSA) is 71.5 Å². The maximum absolute atomic E-state index is 12.9. The lowest BCUT2D eigenvalue weighted by Crippen LogP contribution is -2.49. The Hall–Kier alpha value is -3.19. The zero-order valence-corrected chi connectivity index (χ0v) is 17.4. The van der Waals surface area contributed by atoms with Gasteiger partial charge in [-0.3, -0.25) is 4.79 Å². The second-order valence-corrected chi connectivity index (χ2v) is 7.23. The predicted octanol–water partition coefficient (Wildman–Crippen LogP) is 3.55. The third-order valence-corrected chi connectivity index (χ3v) is 5.30. The summed E-state index contributed by atoms with van der Waals surface area (Å²) in [6, 6.07) is 14.9. The maximum atomic E-state index is 12.9. The van der Waals surface area contributed by atoms with Crippen LogP contribution < -0.4 is 9.64 Å². The minimum atomic E-state index is -0.0636. The summed E-state index contributed by atoms with van der Waals surface area (Å²) in [7, 11) is 0. The SMILES string of the molecule is CCOc1ncccc1C(=O)N1CCN(c2ccc(-c3ccccc3Cl)nn2)CC1. The first-order chi connectivity index (χ1) is 14.7. The van der Waals surface area contributed by atoms with Crippen molar-refractivity contribution in [3.8, 4) is 17.1 Å². The molecule has 0 N–H and O–H groups in total. The van der Waals surface area contributed by atoms with Crippen molar-refractivity contribution < 1.29 is 9.53 Å². The molecule has 0 aliphatic carbocycles. The van der Waals surface area contributed by atoms with Crippen LogP contribution in [0.1, 0.15) is 17.3 Å². The van der Waals surface area contributed by atoms with Crippen LogP contribution in [-0.4, -0.2) is 58.8 Å². The van der Waals surface area contributed by atoms with E-state index < -0.39 is 0 Å². The number of benzene rings is 1. The van der Waals surface area contributed by atoms with Gasteiger partial charge in [0.05, 0.1) is 17.3 Å². The first-order valence-electron chi connectivity index (χ1n) is 9.88. The number of pyridine rings is 1. The summed E-state index contributed by atoms with van der Waals surface area (Å²) in [5, 5.41) is 9.35. The van der Waals surface area contributed by atoms with E-state index in [9.17, 15) is 4.79 Å². The van der Waals surface area contributed by atoms with Crippen LogP contribution in [0.4, 0.5) is 5.82 Å². The van der Waals surface area contributed by atoms with E-state index in [1.54, 1.807) is 18.3 Å². The van der Waals surface area contributed by atoms with E-state index >= 15 is 0 Å². The fourth-order valence-corrected chi connectivity index (χ4v) is 3.65. The Morgan fingerprint density at radius 1 is 1.03 bits per heavy atom. The minimum absolute atomic E-state index is 0.0636. The van der Waals surface area contributed by atoms with E-state index in [1.165, 1.54) is 0 Å². The standard InChI is InChI=1S/C22H22ClN5O2/c1-2-30-21-17(7-5-11-24-21)22(29)28-14-12-27(13-15-28)20-10-9-19(25-26-20)16-6-3-4-8-18(16)23/h3-11H,2,12-15H2,1H3. The Morgan fingerprint density at radius 3 is 2.53 bits per heavy atom. The molecule has 4 rings (SSSR count). The van der Waals surface area contributed by atoms with Crippen molar-refractivity contribution in [1.82, 2.24) is 20.1 Å². The second kappa shape index (κ2) is 9.09. The highest BCUT2D eigenvalue weighted by Crippen LogP contribution is 2.26. The average Bonchev–Trinajstić information content (AvgIpc) is 2.80. The van der Waals surface area contributed by atoms with Gasteiger partial charge in [0.25, 0.3) is 5.91 Å². The quantitative estimate of drug-likeness (QED) is 0.625. The van der Waals surface area contributed by atoms with Crippen LogP contribution in [-0.2, 0) is 0 Å². The van der Waals surface area contributed by atoms with Gasteiger partial charge in [-0.25, -0.2) is 4.98 Å². The number of carbonyl (C=O) groups excluding carboxylic acids is 1. The van der Waals surface area contributed by atoms with Crippen LogP contribution >= 0.6 is 11.6 Å². The Labute approximate surface area is 180 Å². The fourth-order valence-electron chi connectivity index (χ4n) is 3.42. The number of aromatic nitrogens is 3. The number of hydrogen-bond acceptors (Lipinski definition) is 6. The summed E-state index contributed by atoms with van der Waals surface area (Å²) in [4.78, 5) is 21.0. The highest BCUT2D eigenvalue weighted by atomic mass is 35.5. The molecule has 1 aliphatic heterocycles. The molecule has 0 atom stereocenters. The molecule has 1 saturated heterocycles. The lowest BCUT2D eigenvalue weighted by molar-refractivity contribution is 0.0741. The summed E-state index contributed by atoms with van der Waals surface area (Å²) in [5.74, 6) is 1.11. The van der Waals surface area contributed by atoms with Gasteiger partial charge in [0.15, 0.2) is 5.82 Å². The molecule has 3 heterocycles. The first kappa shape index (κ1) is 20.1. The molecule has 1 fully saturated rings. The number of ether oxygens (including phenoxy) is 1. The van der Waals surface area contributed by atoms with Gasteiger partial charge in [-0.15, -0.1) is 10.2 Å². The van der Waals surface area contributed by atoms with Crippen molar-refractivity contribution >= 4 is 23.3 Å². The summed E-state index contributed by atoms with van der Waals surface area (Å²) < 4.78 is 5.50. The second-order valence-electron chi connectivity index (χ2n) is 6.82. The molecule has 30 heavy (non-hydrogen) atoms. The van der Waals surface area contributed by atoms with E-state index in [0.29, 0.717) is 49.3 Å². The summed E-state index contributed by atoms with van der Waals surface area (Å²) >= 11 is 6.25. The number of nitrogens with zero attached hydrogens (tertiary/aromatic N) is 5. The highest BCUT2D eigenvalue weighted by Gasteiger charge is 2.25. The number of carbonyl (C=O) groups is 1. The minimum Gasteiger partial charge on any atom is -0.477 e. The van der Waals surface area contributed by atoms with Gasteiger partial charge in [-0.05, 0) is 37.3 Å². The van der Waals surface area contributed by atoms with E-state index in [4.69, 9.17) is 16.3 Å². The van der Waals surface area contributed by atoms with Crippen LogP contribution in [0.2, 0.25) is 5.02 Å². The predicted molar refractivity (Wildman–Crippen MR) is 116 cm³/mol. The molecular weight excluding hydrogens is 402 g/mol. The molecule has 3 aromatic rings. The third-order valence-electron chi connectivity index (χ3n) is 4.97. The molecule has 7 nitrogen and oxygen atoms in total. The molecule has 1 aliphatic rings. The summed E-state index contributed by atoms with van der Waals surface area (Å²) in [6.45, 7) is 4.88. The molecule has 0 spiro atoms. The number of halogens is 1. The van der Waals surface area contributed by atoms with Gasteiger partial charge < -0.3 is 14.5 Å². The summed E-state index contributed by atoms with van der Waals surface area (Å²) in [5.41, 5.74) is 2.09. The van der Waals surface area contributed by atoms with Crippen molar-refractivity contribution in [3.63, 3.8) is 0 Å². The van der Waals surface area contributed by atoms with Gasteiger partial charge in [0, 0.05) is 37.9 Å². The van der Waals surface area contributed by atoms with Crippen LogP contribution in [0.3, 0.4) is 0 Å². The Bertz CT molecular complexity index is 1020. The molecule has 0 radical (unpaired) electrons. The van der Waals surface area contributed by atoms with Crippen molar-refractivity contribution in [2.24, 2.45) is 0 Å². The van der Waals surface area contributed by atoms with Crippen molar-refractivity contribution in [2.45, 2.75) is 6.92 Å². The van der Waals surface area contributed by atoms with E-state index in [1.807, 2.05) is 48.2 Å². The normalized spacial score (nSPS) is 13.9. The van der Waals surface area contributed by atoms with Crippen molar-refractivity contribution in [2.75, 3.05) is 37.7 Å². The number of hydrogen-bond donors (Lipinski definition) is 0. The van der Waals surface area contributed by atoms with Gasteiger partial charge in [0.1, 0.15) is 5.56 Å². The number of piperazine rings is 1.